The maximum atomic E-state index is 13.2. The summed E-state index contributed by atoms with van der Waals surface area (Å²) < 4.78 is 27.4. The van der Waals surface area contributed by atoms with Crippen LogP contribution in [-0.4, -0.2) is 27.4 Å². The third kappa shape index (κ3) is 5.59. The van der Waals surface area contributed by atoms with Gasteiger partial charge in [0.25, 0.3) is 10.0 Å². The van der Waals surface area contributed by atoms with E-state index in [1.165, 1.54) is 18.2 Å². The summed E-state index contributed by atoms with van der Waals surface area (Å²) in [5, 5.41) is 3.18. The zero-order chi connectivity index (χ0) is 20.7. The molecule has 0 fully saturated rings. The largest absolute Gasteiger partial charge is 0.354 e. The van der Waals surface area contributed by atoms with Gasteiger partial charge in [-0.1, -0.05) is 66.2 Å². The van der Waals surface area contributed by atoms with Crippen LogP contribution in [0.4, 0.5) is 5.69 Å². The Hall–Kier alpha value is -2.83. The molecular formula is C22H21ClN2O3S. The van der Waals surface area contributed by atoms with Crippen molar-refractivity contribution in [3.05, 3.63) is 95.5 Å². The van der Waals surface area contributed by atoms with Gasteiger partial charge in [0, 0.05) is 11.6 Å². The molecule has 1 N–H and O–H groups in total. The minimum Gasteiger partial charge on any atom is -0.354 e. The molecule has 3 rings (SSSR count). The predicted octanol–water partition coefficient (Wildman–Crippen LogP) is 3.89. The third-order valence-corrected chi connectivity index (χ3v) is 6.32. The lowest BCUT2D eigenvalue weighted by Gasteiger charge is -2.24. The van der Waals surface area contributed by atoms with Gasteiger partial charge in [0.15, 0.2) is 0 Å². The first-order chi connectivity index (χ1) is 14.0. The van der Waals surface area contributed by atoms with Crippen LogP contribution in [0.3, 0.4) is 0 Å². The highest BCUT2D eigenvalue weighted by Crippen LogP contribution is 2.25. The maximum Gasteiger partial charge on any atom is 0.264 e. The van der Waals surface area contributed by atoms with Gasteiger partial charge in [-0.25, -0.2) is 8.42 Å². The number of carbonyl (C=O) groups is 1. The summed E-state index contributed by atoms with van der Waals surface area (Å²) in [4.78, 5) is 12.6. The number of nitrogens with zero attached hydrogens (tertiary/aromatic N) is 1. The van der Waals surface area contributed by atoms with Gasteiger partial charge in [-0.15, -0.1) is 0 Å². The fourth-order valence-electron chi connectivity index (χ4n) is 2.84. The van der Waals surface area contributed by atoms with Gasteiger partial charge in [-0.2, -0.15) is 0 Å². The molecule has 3 aromatic carbocycles. The Balaban J connectivity index is 1.77. The van der Waals surface area contributed by atoms with Crippen LogP contribution >= 0.6 is 11.6 Å². The topological polar surface area (TPSA) is 66.5 Å². The molecule has 0 aromatic heterocycles. The summed E-state index contributed by atoms with van der Waals surface area (Å²) in [5.74, 6) is -0.389. The van der Waals surface area contributed by atoms with Gasteiger partial charge in [0.05, 0.1) is 10.6 Å². The van der Waals surface area contributed by atoms with Crippen LogP contribution in [0.15, 0.2) is 89.8 Å². The summed E-state index contributed by atoms with van der Waals surface area (Å²) in [6.45, 7) is 0.0734. The fourth-order valence-corrected chi connectivity index (χ4v) is 4.46. The highest BCUT2D eigenvalue weighted by atomic mass is 35.5. The second-order valence-corrected chi connectivity index (χ2v) is 8.69. The summed E-state index contributed by atoms with van der Waals surface area (Å²) in [7, 11) is -3.93. The van der Waals surface area contributed by atoms with Crippen molar-refractivity contribution >= 4 is 33.2 Å². The van der Waals surface area contributed by atoms with Crippen LogP contribution in [0.25, 0.3) is 0 Å². The van der Waals surface area contributed by atoms with Crippen molar-refractivity contribution in [2.75, 3.05) is 17.4 Å². The molecule has 5 nitrogen and oxygen atoms in total. The van der Waals surface area contributed by atoms with Crippen LogP contribution in [0.2, 0.25) is 5.02 Å². The molecule has 0 spiro atoms. The number of hydrogen-bond donors (Lipinski definition) is 1. The monoisotopic (exact) mass is 428 g/mol. The number of carbonyl (C=O) groups excluding carboxylic acids is 1. The second kappa shape index (κ2) is 9.58. The Kier molecular flexibility index (Phi) is 6.90. The highest BCUT2D eigenvalue weighted by Gasteiger charge is 2.27. The number of benzene rings is 3. The lowest BCUT2D eigenvalue weighted by molar-refractivity contribution is -0.119. The van der Waals surface area contributed by atoms with Crippen LogP contribution in [0.5, 0.6) is 0 Å². The van der Waals surface area contributed by atoms with Crippen LogP contribution in [0, 0.1) is 0 Å². The Labute approximate surface area is 176 Å². The molecular weight excluding hydrogens is 408 g/mol. The first-order valence-electron chi connectivity index (χ1n) is 9.11. The molecule has 150 valence electrons. The summed E-state index contributed by atoms with van der Waals surface area (Å²) in [5.41, 5.74) is 1.43. The lowest BCUT2D eigenvalue weighted by Crippen LogP contribution is -2.41. The third-order valence-electron chi connectivity index (χ3n) is 4.29. The van der Waals surface area contributed by atoms with E-state index in [2.05, 4.69) is 5.32 Å². The molecule has 0 aliphatic carbocycles. The normalized spacial score (nSPS) is 11.1. The van der Waals surface area contributed by atoms with Crippen molar-refractivity contribution in [3.8, 4) is 0 Å². The van der Waals surface area contributed by atoms with Crippen molar-refractivity contribution in [1.82, 2.24) is 5.32 Å². The predicted molar refractivity (Wildman–Crippen MR) is 116 cm³/mol. The number of nitrogens with one attached hydrogen (secondary N) is 1. The molecule has 0 heterocycles. The second-order valence-electron chi connectivity index (χ2n) is 6.39. The van der Waals surface area contributed by atoms with Crippen molar-refractivity contribution in [1.29, 1.82) is 0 Å². The molecule has 1 amide bonds. The van der Waals surface area contributed by atoms with Crippen LogP contribution < -0.4 is 9.62 Å². The van der Waals surface area contributed by atoms with Crippen LogP contribution in [-0.2, 0) is 21.2 Å². The zero-order valence-electron chi connectivity index (χ0n) is 15.7. The Morgan fingerprint density at radius 3 is 2.21 bits per heavy atom. The van der Waals surface area contributed by atoms with Crippen LogP contribution in [0.1, 0.15) is 5.56 Å². The number of rotatable bonds is 8. The standard InChI is InChI=1S/C22H21ClN2O3S/c23-19-10-7-11-20(16-19)25(29(27,28)21-12-5-2-6-13-21)17-22(26)24-15-14-18-8-3-1-4-9-18/h1-13,16H,14-15,17H2,(H,24,26). The van der Waals surface area contributed by atoms with E-state index in [0.717, 1.165) is 9.87 Å². The van der Waals surface area contributed by atoms with E-state index in [4.69, 9.17) is 11.6 Å². The molecule has 29 heavy (non-hydrogen) atoms. The smallest absolute Gasteiger partial charge is 0.264 e. The molecule has 0 unspecified atom stereocenters. The van der Waals surface area contributed by atoms with E-state index >= 15 is 0 Å². The zero-order valence-corrected chi connectivity index (χ0v) is 17.2. The van der Waals surface area contributed by atoms with Crippen molar-refractivity contribution in [2.24, 2.45) is 0 Å². The molecule has 0 bridgehead atoms. The van der Waals surface area contributed by atoms with E-state index < -0.39 is 10.0 Å². The summed E-state index contributed by atoms with van der Waals surface area (Å²) in [6.07, 6.45) is 0.662. The van der Waals surface area contributed by atoms with E-state index in [1.807, 2.05) is 30.3 Å². The highest BCUT2D eigenvalue weighted by molar-refractivity contribution is 7.92. The molecule has 0 atom stereocenters. The van der Waals surface area contributed by atoms with Gasteiger partial charge < -0.3 is 5.32 Å². The minimum atomic E-state index is -3.93. The summed E-state index contributed by atoms with van der Waals surface area (Å²) >= 11 is 6.05. The Morgan fingerprint density at radius 1 is 0.897 bits per heavy atom. The average molecular weight is 429 g/mol. The maximum absolute atomic E-state index is 13.2. The van der Waals surface area contributed by atoms with Gasteiger partial charge in [-0.3, -0.25) is 9.10 Å². The van der Waals surface area contributed by atoms with E-state index in [-0.39, 0.29) is 17.3 Å². The first-order valence-corrected chi connectivity index (χ1v) is 10.9. The molecule has 7 heteroatoms. The number of hydrogen-bond acceptors (Lipinski definition) is 3. The van der Waals surface area contributed by atoms with Crippen molar-refractivity contribution in [2.45, 2.75) is 11.3 Å². The van der Waals surface area contributed by atoms with Crippen molar-refractivity contribution in [3.63, 3.8) is 0 Å². The molecule has 3 aromatic rings. The number of halogens is 1. The molecule has 0 saturated carbocycles. The van der Waals surface area contributed by atoms with Gasteiger partial charge >= 0.3 is 0 Å². The molecule has 0 saturated heterocycles. The molecule has 0 aliphatic heterocycles. The fraction of sp³-hybridized carbons (Fsp3) is 0.136. The lowest BCUT2D eigenvalue weighted by atomic mass is 10.1. The van der Waals surface area contributed by atoms with Gasteiger partial charge in [0.2, 0.25) is 5.91 Å². The summed E-state index contributed by atoms with van der Waals surface area (Å²) in [6, 6.07) is 24.2. The van der Waals surface area contributed by atoms with E-state index in [0.29, 0.717) is 23.7 Å². The minimum absolute atomic E-state index is 0.108. The van der Waals surface area contributed by atoms with Gasteiger partial charge in [0.1, 0.15) is 6.54 Å². The number of sulfonamides is 1. The SMILES string of the molecule is O=C(CN(c1cccc(Cl)c1)S(=O)(=O)c1ccccc1)NCCc1ccccc1. The molecule has 0 aliphatic rings. The Morgan fingerprint density at radius 2 is 1.55 bits per heavy atom. The van der Waals surface area contributed by atoms with Crippen molar-refractivity contribution < 1.29 is 13.2 Å². The number of amides is 1. The average Bonchev–Trinajstić information content (AvgIpc) is 2.73. The quantitative estimate of drug-likeness (QED) is 0.591. The Bertz CT molecular complexity index is 1060. The molecule has 0 radical (unpaired) electrons. The van der Waals surface area contributed by atoms with Gasteiger partial charge in [-0.05, 0) is 42.3 Å². The van der Waals surface area contributed by atoms with E-state index in [9.17, 15) is 13.2 Å². The van der Waals surface area contributed by atoms with E-state index in [1.54, 1.807) is 36.4 Å². The number of anilines is 1. The first kappa shape index (κ1) is 20.9.